The summed E-state index contributed by atoms with van der Waals surface area (Å²) in [5.74, 6) is 0.393. The largest absolute Gasteiger partial charge is 0.441 e. The Balaban J connectivity index is 1.56. The van der Waals surface area contributed by atoms with Crippen LogP contribution in [-0.4, -0.2) is 37.6 Å². The van der Waals surface area contributed by atoms with E-state index in [1.807, 2.05) is 0 Å². The van der Waals surface area contributed by atoms with Gasteiger partial charge in [0.25, 0.3) is 5.91 Å². The maximum absolute atomic E-state index is 13.7. The number of halogens is 3. The second kappa shape index (κ2) is 10.4. The van der Waals surface area contributed by atoms with Gasteiger partial charge in [-0.2, -0.15) is 18.3 Å². The van der Waals surface area contributed by atoms with Crippen LogP contribution in [0.3, 0.4) is 0 Å². The highest BCUT2D eigenvalue weighted by Gasteiger charge is 2.37. The van der Waals surface area contributed by atoms with Crippen LogP contribution in [0.25, 0.3) is 22.7 Å². The van der Waals surface area contributed by atoms with Gasteiger partial charge in [-0.05, 0) is 55.6 Å². The highest BCUT2D eigenvalue weighted by molar-refractivity contribution is 6.04. The smallest absolute Gasteiger partial charge is 0.433 e. The minimum Gasteiger partial charge on any atom is -0.441 e. The monoisotopic (exact) mass is 507 g/mol. The molecule has 0 saturated heterocycles. The molecule has 1 N–H and O–H groups in total. The molecule has 0 aliphatic rings. The molecule has 37 heavy (non-hydrogen) atoms. The Morgan fingerprint density at radius 2 is 2.00 bits per heavy atom. The van der Waals surface area contributed by atoms with E-state index in [1.54, 1.807) is 50.4 Å². The second-order valence-corrected chi connectivity index (χ2v) is 7.75. The zero-order chi connectivity index (χ0) is 26.6. The van der Waals surface area contributed by atoms with Crippen molar-refractivity contribution in [3.8, 4) is 17.1 Å². The number of aryl methyl sites for hydroxylation is 1. The van der Waals surface area contributed by atoms with Crippen LogP contribution in [0.1, 0.15) is 34.6 Å². The third-order valence-electron chi connectivity index (χ3n) is 5.08. The van der Waals surface area contributed by atoms with Crippen molar-refractivity contribution in [1.29, 1.82) is 0 Å². The lowest BCUT2D eigenvalue weighted by atomic mass is 10.1. The predicted octanol–water partition coefficient (Wildman–Crippen LogP) is 5.51. The lowest BCUT2D eigenvalue weighted by Crippen LogP contribution is -2.16. The summed E-state index contributed by atoms with van der Waals surface area (Å²) in [5, 5.41) is 14.3. The van der Waals surface area contributed by atoms with Crippen molar-refractivity contribution in [2.45, 2.75) is 20.0 Å². The van der Waals surface area contributed by atoms with E-state index in [-0.39, 0.29) is 17.3 Å². The Bertz CT molecular complexity index is 1500. The first kappa shape index (κ1) is 25.2. The van der Waals surface area contributed by atoms with E-state index in [9.17, 15) is 18.0 Å². The highest BCUT2D eigenvalue weighted by atomic mass is 19.4. The summed E-state index contributed by atoms with van der Waals surface area (Å²) in [6, 6.07) is 10.2. The minimum absolute atomic E-state index is 0.0498. The molecule has 4 aromatic rings. The second-order valence-electron chi connectivity index (χ2n) is 7.75. The number of hydrogen-bond acceptors (Lipinski definition) is 7. The van der Waals surface area contributed by atoms with Crippen LogP contribution in [0.15, 0.2) is 76.4 Å². The van der Waals surface area contributed by atoms with Gasteiger partial charge in [0, 0.05) is 24.3 Å². The molecule has 0 bridgehead atoms. The van der Waals surface area contributed by atoms with Crippen molar-refractivity contribution in [1.82, 2.24) is 25.0 Å². The van der Waals surface area contributed by atoms with Gasteiger partial charge < -0.3 is 9.73 Å². The number of anilines is 1. The molecule has 0 fully saturated rings. The number of nitrogens with zero attached hydrogens (tertiary/aromatic N) is 6. The van der Waals surface area contributed by atoms with Crippen LogP contribution < -0.4 is 5.32 Å². The van der Waals surface area contributed by atoms with Crippen LogP contribution in [0.4, 0.5) is 19.0 Å². The van der Waals surface area contributed by atoms with Gasteiger partial charge in [0.1, 0.15) is 0 Å². The molecule has 0 saturated carbocycles. The summed E-state index contributed by atoms with van der Waals surface area (Å²) < 4.78 is 47.2. The fourth-order valence-corrected chi connectivity index (χ4v) is 3.29. The Labute approximate surface area is 209 Å². The van der Waals surface area contributed by atoms with Gasteiger partial charge in [-0.25, -0.2) is 9.67 Å². The molecule has 0 radical (unpaired) electrons. The molecule has 3 aromatic heterocycles. The van der Waals surface area contributed by atoms with E-state index in [0.29, 0.717) is 33.0 Å². The van der Waals surface area contributed by atoms with Crippen molar-refractivity contribution in [2.24, 2.45) is 4.99 Å². The number of nitrogens with one attached hydrogen (secondary N) is 1. The number of carbonyl (C=O) groups is 1. The molecule has 3 heterocycles. The van der Waals surface area contributed by atoms with Crippen molar-refractivity contribution >= 4 is 24.0 Å². The van der Waals surface area contributed by atoms with Crippen molar-refractivity contribution in [2.75, 3.05) is 5.32 Å². The number of hydrogen-bond donors (Lipinski definition) is 1. The summed E-state index contributed by atoms with van der Waals surface area (Å²) in [4.78, 5) is 20.3. The molecule has 0 aliphatic heterocycles. The van der Waals surface area contributed by atoms with Crippen molar-refractivity contribution in [3.05, 3.63) is 89.9 Å². The summed E-state index contributed by atoms with van der Waals surface area (Å²) >= 11 is 0. The number of aliphatic imine (C=N–C) groups is 1. The summed E-state index contributed by atoms with van der Waals surface area (Å²) in [5.41, 5.74) is 0.526. The first-order chi connectivity index (χ1) is 17.7. The van der Waals surface area contributed by atoms with E-state index in [4.69, 9.17) is 4.42 Å². The van der Waals surface area contributed by atoms with Crippen LogP contribution in [0, 0.1) is 6.92 Å². The Hall–Kier alpha value is -4.87. The number of aromatic nitrogens is 5. The fourth-order valence-electron chi connectivity index (χ4n) is 3.29. The molecule has 188 valence electrons. The number of amides is 1. The average Bonchev–Trinajstić information content (AvgIpc) is 3.52. The normalized spacial score (nSPS) is 12.2. The summed E-state index contributed by atoms with van der Waals surface area (Å²) in [6.45, 7) is 6.62. The lowest BCUT2D eigenvalue weighted by Gasteiger charge is -2.09. The van der Waals surface area contributed by atoms with Crippen LogP contribution in [0.5, 0.6) is 0 Å². The van der Waals surface area contributed by atoms with E-state index in [2.05, 4.69) is 37.3 Å². The fraction of sp³-hybridized carbons (Fsp3) is 0.120. The first-order valence-electron chi connectivity index (χ1n) is 10.8. The molecular formula is C25H20F3N7O2. The van der Waals surface area contributed by atoms with E-state index >= 15 is 0 Å². The molecule has 1 amide bonds. The summed E-state index contributed by atoms with van der Waals surface area (Å²) in [7, 11) is 0. The predicted molar refractivity (Wildman–Crippen MR) is 131 cm³/mol. The van der Waals surface area contributed by atoms with Gasteiger partial charge in [-0.3, -0.25) is 9.79 Å². The van der Waals surface area contributed by atoms with E-state index < -0.39 is 17.8 Å². The quantitative estimate of drug-likeness (QED) is 0.261. The van der Waals surface area contributed by atoms with Gasteiger partial charge in [0.15, 0.2) is 29.0 Å². The average molecular weight is 507 g/mol. The van der Waals surface area contributed by atoms with Crippen LogP contribution in [-0.2, 0) is 6.18 Å². The lowest BCUT2D eigenvalue weighted by molar-refractivity contribution is -0.142. The number of benzene rings is 1. The van der Waals surface area contributed by atoms with Gasteiger partial charge in [-0.1, -0.05) is 18.2 Å². The number of allylic oxidation sites excluding steroid dienone is 3. The molecule has 9 nitrogen and oxygen atoms in total. The Kier molecular flexibility index (Phi) is 7.09. The third-order valence-corrected chi connectivity index (χ3v) is 5.08. The summed E-state index contributed by atoms with van der Waals surface area (Å²) in [6.07, 6.45) is 1.36. The number of rotatable bonds is 7. The molecule has 0 unspecified atom stereocenters. The topological polar surface area (TPSA) is 111 Å². The van der Waals surface area contributed by atoms with Gasteiger partial charge in [-0.15, -0.1) is 10.2 Å². The highest BCUT2D eigenvalue weighted by Crippen LogP contribution is 2.32. The van der Waals surface area contributed by atoms with E-state index in [1.165, 1.54) is 24.4 Å². The van der Waals surface area contributed by atoms with Gasteiger partial charge in [0.2, 0.25) is 0 Å². The van der Waals surface area contributed by atoms with Gasteiger partial charge in [0.05, 0.1) is 11.9 Å². The number of carbonyl (C=O) groups excluding carboxylic acids is 1. The molecule has 0 aliphatic carbocycles. The van der Waals surface area contributed by atoms with Crippen LogP contribution >= 0.6 is 0 Å². The molecular weight excluding hydrogens is 487 g/mol. The van der Waals surface area contributed by atoms with Crippen LogP contribution in [0.2, 0.25) is 0 Å². The molecule has 4 rings (SSSR count). The first-order valence-corrected chi connectivity index (χ1v) is 10.8. The Morgan fingerprint density at radius 1 is 1.19 bits per heavy atom. The number of oxazole rings is 1. The third kappa shape index (κ3) is 5.86. The molecule has 12 heteroatoms. The van der Waals surface area contributed by atoms with Gasteiger partial charge >= 0.3 is 6.18 Å². The SMILES string of the molecule is C=N/C=C\C=C(/C)c1cc(C(F)(F)F)n(-c2ccc(NC(=O)c3cccc(-c4cnc(C)o4)c3)nn2)n1. The standard InChI is InChI=1S/C25H20F3N7O2/c1-15(6-5-11-29-3)19-13-21(25(26,27)28)35(34-19)23-10-9-22(32-33-23)31-24(36)18-8-4-7-17(12-18)20-14-30-16(2)37-20/h4-14H,3H2,1-2H3,(H,31,32,36)/b11-5-,15-6+. The minimum atomic E-state index is -4.69. The zero-order valence-corrected chi connectivity index (χ0v) is 19.7. The molecule has 0 atom stereocenters. The zero-order valence-electron chi connectivity index (χ0n) is 19.7. The number of alkyl halides is 3. The van der Waals surface area contributed by atoms with E-state index in [0.717, 1.165) is 6.07 Å². The molecule has 1 aromatic carbocycles. The maximum Gasteiger partial charge on any atom is 0.433 e. The Morgan fingerprint density at radius 3 is 2.65 bits per heavy atom. The molecule has 0 spiro atoms. The maximum atomic E-state index is 13.7. The van der Waals surface area contributed by atoms with Crippen molar-refractivity contribution in [3.63, 3.8) is 0 Å². The van der Waals surface area contributed by atoms with Crippen molar-refractivity contribution < 1.29 is 22.4 Å².